The van der Waals surface area contributed by atoms with Crippen molar-refractivity contribution in [2.45, 2.75) is 268 Å². The van der Waals surface area contributed by atoms with Gasteiger partial charge in [-0.3, -0.25) is 9.59 Å². The second kappa shape index (κ2) is 41.2. The van der Waals surface area contributed by atoms with Crippen molar-refractivity contribution in [1.82, 2.24) is 0 Å². The van der Waals surface area contributed by atoms with Crippen LogP contribution in [0.15, 0.2) is 36.5 Å². The Morgan fingerprint density at radius 2 is 0.870 bits per heavy atom. The number of carbonyl (C=O) groups excluding carboxylic acids is 2. The van der Waals surface area contributed by atoms with Gasteiger partial charge in [0.05, 0.1) is 19.8 Å². The summed E-state index contributed by atoms with van der Waals surface area (Å²) in [5, 5.41) is 72.1. The van der Waals surface area contributed by atoms with E-state index in [1.165, 1.54) is 83.5 Å². The zero-order chi connectivity index (χ0) is 50.3. The molecule has 2 heterocycles. The fourth-order valence-corrected chi connectivity index (χ4v) is 8.36. The minimum absolute atomic E-state index is 0.159. The molecule has 11 unspecified atom stereocenters. The number of hydrogen-bond donors (Lipinski definition) is 7. The van der Waals surface area contributed by atoms with Crippen LogP contribution in [0.5, 0.6) is 0 Å². The lowest BCUT2D eigenvalue weighted by Gasteiger charge is -2.42. The topological polar surface area (TPSA) is 231 Å². The molecule has 69 heavy (non-hydrogen) atoms. The lowest BCUT2D eigenvalue weighted by atomic mass is 9.98. The minimum Gasteiger partial charge on any atom is -0.462 e. The third kappa shape index (κ3) is 29.1. The third-order valence-electron chi connectivity index (χ3n) is 12.8. The number of aliphatic hydroxyl groups excluding tert-OH is 7. The molecule has 0 bridgehead atoms. The van der Waals surface area contributed by atoms with Crippen molar-refractivity contribution in [1.29, 1.82) is 0 Å². The molecule has 2 aliphatic rings. The smallest absolute Gasteiger partial charge is 0.306 e. The first-order valence-corrected chi connectivity index (χ1v) is 27.1. The highest BCUT2D eigenvalue weighted by Crippen LogP contribution is 2.26. The Kier molecular flexibility index (Phi) is 37.5. The van der Waals surface area contributed by atoms with Crippen LogP contribution in [0.3, 0.4) is 0 Å². The summed E-state index contributed by atoms with van der Waals surface area (Å²) < 4.78 is 33.6. The predicted molar refractivity (Wildman–Crippen MR) is 266 cm³/mol. The van der Waals surface area contributed by atoms with Crippen molar-refractivity contribution in [3.63, 3.8) is 0 Å². The number of allylic oxidation sites excluding steroid dienone is 6. The summed E-state index contributed by atoms with van der Waals surface area (Å²) in [6.45, 7) is 2.55. The van der Waals surface area contributed by atoms with Gasteiger partial charge in [0.2, 0.25) is 0 Å². The molecule has 0 amide bonds. The molecule has 0 aliphatic carbocycles. The summed E-state index contributed by atoms with van der Waals surface area (Å²) in [5.74, 6) is -0.936. The van der Waals surface area contributed by atoms with Gasteiger partial charge in [-0.2, -0.15) is 0 Å². The Hall–Kier alpha value is -2.28. The van der Waals surface area contributed by atoms with E-state index in [0.717, 1.165) is 77.0 Å². The van der Waals surface area contributed by atoms with Gasteiger partial charge >= 0.3 is 11.9 Å². The van der Waals surface area contributed by atoms with Crippen LogP contribution in [-0.2, 0) is 38.0 Å². The summed E-state index contributed by atoms with van der Waals surface area (Å²) in [4.78, 5) is 25.8. The van der Waals surface area contributed by atoms with Gasteiger partial charge in [0.15, 0.2) is 18.7 Å². The molecular weight excluding hydrogens is 889 g/mol. The van der Waals surface area contributed by atoms with Gasteiger partial charge in [-0.15, -0.1) is 0 Å². The van der Waals surface area contributed by atoms with Crippen LogP contribution >= 0.6 is 0 Å². The second-order valence-electron chi connectivity index (χ2n) is 19.0. The van der Waals surface area contributed by atoms with Crippen molar-refractivity contribution in [2.24, 2.45) is 0 Å². The Balaban J connectivity index is 1.79. The Morgan fingerprint density at radius 3 is 1.39 bits per heavy atom. The maximum Gasteiger partial charge on any atom is 0.306 e. The van der Waals surface area contributed by atoms with Crippen LogP contribution < -0.4 is 0 Å². The Morgan fingerprint density at radius 1 is 0.464 bits per heavy atom. The van der Waals surface area contributed by atoms with Gasteiger partial charge < -0.3 is 64.2 Å². The molecule has 15 nitrogen and oxygen atoms in total. The molecule has 2 fully saturated rings. The van der Waals surface area contributed by atoms with Gasteiger partial charge in [-0.1, -0.05) is 153 Å². The van der Waals surface area contributed by atoms with Crippen LogP contribution in [0.2, 0.25) is 0 Å². The first-order chi connectivity index (χ1) is 33.5. The highest BCUT2D eigenvalue weighted by molar-refractivity contribution is 5.70. The highest BCUT2D eigenvalue weighted by Gasteiger charge is 2.47. The van der Waals surface area contributed by atoms with E-state index < -0.39 is 92.7 Å². The molecule has 2 rings (SSSR count). The zero-order valence-electron chi connectivity index (χ0n) is 42.5. The molecule has 15 heteroatoms. The average molecular weight is 985 g/mol. The summed E-state index contributed by atoms with van der Waals surface area (Å²) in [6, 6.07) is 0. The van der Waals surface area contributed by atoms with Gasteiger partial charge in [0.1, 0.15) is 55.4 Å². The van der Waals surface area contributed by atoms with Crippen molar-refractivity contribution < 1.29 is 73.8 Å². The average Bonchev–Trinajstić information content (AvgIpc) is 3.34. The van der Waals surface area contributed by atoms with E-state index in [2.05, 4.69) is 50.3 Å². The van der Waals surface area contributed by atoms with Crippen LogP contribution in [-0.4, -0.2) is 142 Å². The molecule has 2 saturated heterocycles. The third-order valence-corrected chi connectivity index (χ3v) is 12.8. The lowest BCUT2D eigenvalue weighted by Crippen LogP contribution is -2.61. The van der Waals surface area contributed by atoms with E-state index in [4.69, 9.17) is 28.4 Å². The monoisotopic (exact) mass is 985 g/mol. The fourth-order valence-electron chi connectivity index (χ4n) is 8.36. The van der Waals surface area contributed by atoms with Gasteiger partial charge in [-0.25, -0.2) is 0 Å². The molecular formula is C54H96O15. The first kappa shape index (κ1) is 62.8. The number of unbranched alkanes of at least 4 members (excludes halogenated alkanes) is 22. The maximum atomic E-state index is 13.0. The molecule has 2 aliphatic heterocycles. The van der Waals surface area contributed by atoms with Crippen molar-refractivity contribution in [2.75, 3.05) is 26.4 Å². The van der Waals surface area contributed by atoms with Crippen LogP contribution in [0, 0.1) is 0 Å². The minimum atomic E-state index is -1.77. The van der Waals surface area contributed by atoms with E-state index in [1.54, 1.807) is 0 Å². The standard InChI is InChI=1S/C54H96O15/c1-3-5-7-9-11-13-15-17-19-20-21-22-23-25-27-29-31-33-35-37-46(57)67-42(39-64-45(56)36-34-32-30-28-26-24-18-16-14-12-10-8-6-4-2)40-65-53-52(63)50(61)48(59)44(69-53)41-66-54-51(62)49(60)47(58)43(38-55)68-54/h11,13,16-19,42-44,47-55,58-63H,3-10,12,14-15,20-41H2,1-2H3/b13-11-,18-16-,19-17-. The Labute approximate surface area is 415 Å². The van der Waals surface area contributed by atoms with E-state index in [-0.39, 0.29) is 26.1 Å². The van der Waals surface area contributed by atoms with Crippen LogP contribution in [0.25, 0.3) is 0 Å². The SMILES string of the molecule is CCCCC/C=C\C/C=C\CCCCCCCCCCCC(=O)OC(COC(=O)CCCCCCC/C=C\CCCCCCC)COC1OC(COC2OC(CO)C(O)C(O)C2O)C(O)C(O)C1O. The quantitative estimate of drug-likeness (QED) is 0.0174. The Bertz CT molecular complexity index is 1340. The molecule has 11 atom stereocenters. The van der Waals surface area contributed by atoms with Crippen molar-refractivity contribution in [3.8, 4) is 0 Å². The van der Waals surface area contributed by atoms with Crippen LogP contribution in [0.4, 0.5) is 0 Å². The largest absolute Gasteiger partial charge is 0.462 e. The number of esters is 2. The molecule has 0 aromatic rings. The van der Waals surface area contributed by atoms with E-state index >= 15 is 0 Å². The second-order valence-corrected chi connectivity index (χ2v) is 19.0. The number of carbonyl (C=O) groups is 2. The normalized spacial score (nSPS) is 25.8. The molecule has 0 aromatic heterocycles. The highest BCUT2D eigenvalue weighted by atomic mass is 16.7. The summed E-state index contributed by atoms with van der Waals surface area (Å²) in [7, 11) is 0. The lowest BCUT2D eigenvalue weighted by molar-refractivity contribution is -0.332. The van der Waals surface area contributed by atoms with Crippen molar-refractivity contribution in [3.05, 3.63) is 36.5 Å². The molecule has 0 radical (unpaired) electrons. The molecule has 0 spiro atoms. The number of hydrogen-bond acceptors (Lipinski definition) is 15. The number of rotatable bonds is 42. The summed E-state index contributed by atoms with van der Waals surface area (Å²) >= 11 is 0. The van der Waals surface area contributed by atoms with E-state index in [1.807, 2.05) is 0 Å². The molecule has 7 N–H and O–H groups in total. The first-order valence-electron chi connectivity index (χ1n) is 27.1. The van der Waals surface area contributed by atoms with Gasteiger partial charge in [0.25, 0.3) is 0 Å². The maximum absolute atomic E-state index is 13.0. The summed E-state index contributed by atoms with van der Waals surface area (Å²) in [6.07, 6.45) is 27.3. The zero-order valence-corrected chi connectivity index (χ0v) is 42.5. The van der Waals surface area contributed by atoms with Gasteiger partial charge in [0, 0.05) is 12.8 Å². The number of ether oxygens (including phenoxy) is 6. The van der Waals surface area contributed by atoms with Gasteiger partial charge in [-0.05, 0) is 70.6 Å². The van der Waals surface area contributed by atoms with E-state index in [9.17, 15) is 45.3 Å². The van der Waals surface area contributed by atoms with E-state index in [0.29, 0.717) is 12.8 Å². The molecule has 0 aromatic carbocycles. The van der Waals surface area contributed by atoms with Crippen LogP contribution in [0.1, 0.15) is 200 Å². The predicted octanol–water partition coefficient (Wildman–Crippen LogP) is 8.10. The molecule has 0 saturated carbocycles. The summed E-state index contributed by atoms with van der Waals surface area (Å²) in [5.41, 5.74) is 0. The van der Waals surface area contributed by atoms with Crippen molar-refractivity contribution >= 4 is 11.9 Å². The fraction of sp³-hybridized carbons (Fsp3) is 0.852. The molecule has 402 valence electrons. The number of aliphatic hydroxyl groups is 7.